The van der Waals surface area contributed by atoms with Gasteiger partial charge in [-0.15, -0.1) is 6.42 Å². The first-order valence-electron chi connectivity index (χ1n) is 12.5. The van der Waals surface area contributed by atoms with Crippen molar-refractivity contribution < 1.29 is 18.9 Å². The lowest BCUT2D eigenvalue weighted by atomic mass is 9.80. The minimum atomic E-state index is -0.857. The molecule has 0 bridgehead atoms. The summed E-state index contributed by atoms with van der Waals surface area (Å²) in [5.74, 6) is 2.55. The zero-order chi connectivity index (χ0) is 25.3. The second kappa shape index (κ2) is 12.0. The largest absolute Gasteiger partial charge is 0.360 e. The lowest BCUT2D eigenvalue weighted by molar-refractivity contribution is -0.276. The summed E-state index contributed by atoms with van der Waals surface area (Å²) >= 11 is 0. The Hall–Kier alpha value is -3.72. The first kappa shape index (κ1) is 25.0. The third kappa shape index (κ3) is 5.51. The minimum Gasteiger partial charge on any atom is -0.360 e. The van der Waals surface area contributed by atoms with Crippen LogP contribution in [0.4, 0.5) is 0 Å². The zero-order valence-corrected chi connectivity index (χ0v) is 20.6. The van der Waals surface area contributed by atoms with Gasteiger partial charge in [-0.2, -0.15) is 0 Å². The van der Waals surface area contributed by atoms with Crippen LogP contribution < -0.4 is 0 Å². The summed E-state index contributed by atoms with van der Waals surface area (Å²) < 4.78 is 25.4. The fourth-order valence-corrected chi connectivity index (χ4v) is 4.79. The van der Waals surface area contributed by atoms with E-state index in [4.69, 9.17) is 25.4 Å². The maximum atomic E-state index is 7.01. The normalized spacial score (nSPS) is 19.7. The van der Waals surface area contributed by atoms with Gasteiger partial charge in [0.2, 0.25) is 0 Å². The summed E-state index contributed by atoms with van der Waals surface area (Å²) in [6.07, 6.45) is 4.21. The third-order valence-corrected chi connectivity index (χ3v) is 6.58. The van der Waals surface area contributed by atoms with E-state index in [9.17, 15) is 0 Å². The fraction of sp³-hybridized carbons (Fsp3) is 0.212. The first-order valence-corrected chi connectivity index (χ1v) is 12.5. The smallest absolute Gasteiger partial charge is 0.184 e. The van der Waals surface area contributed by atoms with Crippen LogP contribution in [0.5, 0.6) is 0 Å². The van der Waals surface area contributed by atoms with E-state index in [-0.39, 0.29) is 19.3 Å². The molecule has 186 valence electrons. The molecule has 0 aromatic heterocycles. The molecular formula is C33H30O4. The Morgan fingerprint density at radius 2 is 1.22 bits per heavy atom. The Morgan fingerprint density at radius 1 is 0.730 bits per heavy atom. The summed E-state index contributed by atoms with van der Waals surface area (Å²) in [4.78, 5) is 0. The predicted octanol–water partition coefficient (Wildman–Crippen LogP) is 6.13. The standard InChI is InChI=1S/C33H30O4/c1-2-23-34-30-24-35-32(26-15-7-3-8-16-26)37-31(30)25-36-33(27-17-9-4-10-18-27,28-19-11-5-12-20-28)29-21-13-6-14-22-29/h1,3-22,30-32H,23-25H2/t30-,31-,32+/m1/s1. The van der Waals surface area contributed by atoms with Gasteiger partial charge in [0, 0.05) is 5.56 Å². The van der Waals surface area contributed by atoms with E-state index in [1.807, 2.05) is 84.9 Å². The quantitative estimate of drug-likeness (QED) is 0.209. The Balaban J connectivity index is 1.52. The van der Waals surface area contributed by atoms with E-state index in [1.165, 1.54) is 0 Å². The van der Waals surface area contributed by atoms with Crippen molar-refractivity contribution in [3.63, 3.8) is 0 Å². The van der Waals surface area contributed by atoms with E-state index in [0.717, 1.165) is 22.3 Å². The van der Waals surface area contributed by atoms with Crippen molar-refractivity contribution >= 4 is 0 Å². The first-order chi connectivity index (χ1) is 18.3. The van der Waals surface area contributed by atoms with E-state index in [1.54, 1.807) is 0 Å². The second-order valence-electron chi connectivity index (χ2n) is 8.89. The molecule has 0 amide bonds. The molecule has 4 aromatic rings. The van der Waals surface area contributed by atoms with Crippen LogP contribution in [0.15, 0.2) is 121 Å². The highest BCUT2D eigenvalue weighted by Crippen LogP contribution is 2.41. The Bertz CT molecular complexity index is 1170. The molecule has 0 saturated carbocycles. The van der Waals surface area contributed by atoms with Gasteiger partial charge in [0.15, 0.2) is 6.29 Å². The van der Waals surface area contributed by atoms with Crippen LogP contribution in [0.1, 0.15) is 28.5 Å². The van der Waals surface area contributed by atoms with Crippen molar-refractivity contribution in [2.45, 2.75) is 24.1 Å². The highest BCUT2D eigenvalue weighted by molar-refractivity contribution is 5.47. The van der Waals surface area contributed by atoms with Crippen LogP contribution in [-0.4, -0.2) is 32.0 Å². The monoisotopic (exact) mass is 490 g/mol. The Kier molecular flexibility index (Phi) is 8.10. The summed E-state index contributed by atoms with van der Waals surface area (Å²) in [6, 6.07) is 40.8. The van der Waals surface area contributed by atoms with E-state index >= 15 is 0 Å². The van der Waals surface area contributed by atoms with Crippen LogP contribution in [0.25, 0.3) is 0 Å². The van der Waals surface area contributed by atoms with E-state index < -0.39 is 18.0 Å². The van der Waals surface area contributed by atoms with Crippen molar-refractivity contribution in [3.8, 4) is 12.3 Å². The predicted molar refractivity (Wildman–Crippen MR) is 144 cm³/mol. The number of hydrogen-bond donors (Lipinski definition) is 0. The number of benzene rings is 4. The molecule has 1 heterocycles. The molecule has 1 saturated heterocycles. The van der Waals surface area contributed by atoms with Crippen LogP contribution in [0.3, 0.4) is 0 Å². The molecule has 1 aliphatic rings. The molecule has 3 atom stereocenters. The summed E-state index contributed by atoms with van der Waals surface area (Å²) in [6.45, 7) is 0.788. The van der Waals surface area contributed by atoms with Crippen molar-refractivity contribution in [2.75, 3.05) is 19.8 Å². The Labute approximate surface area is 218 Å². The number of ether oxygens (including phenoxy) is 4. The molecule has 4 heteroatoms. The van der Waals surface area contributed by atoms with Gasteiger partial charge in [-0.3, -0.25) is 0 Å². The molecule has 1 aliphatic heterocycles. The van der Waals surface area contributed by atoms with Gasteiger partial charge >= 0.3 is 0 Å². The molecule has 4 aromatic carbocycles. The average Bonchev–Trinajstić information content (AvgIpc) is 2.99. The second-order valence-corrected chi connectivity index (χ2v) is 8.89. The SMILES string of the molecule is C#CCO[C@@H]1CO[C@H](c2ccccc2)O[C@@H]1COC(c1ccccc1)(c1ccccc1)c1ccccc1. The van der Waals surface area contributed by atoms with Crippen LogP contribution in [0, 0.1) is 12.3 Å². The topological polar surface area (TPSA) is 36.9 Å². The van der Waals surface area contributed by atoms with Gasteiger partial charge in [0.05, 0.1) is 13.2 Å². The van der Waals surface area contributed by atoms with Gasteiger partial charge in [0.1, 0.15) is 24.4 Å². The molecule has 4 nitrogen and oxygen atoms in total. The molecule has 0 unspecified atom stereocenters. The molecule has 0 radical (unpaired) electrons. The Morgan fingerprint density at radius 3 is 1.70 bits per heavy atom. The highest BCUT2D eigenvalue weighted by atomic mass is 16.7. The zero-order valence-electron chi connectivity index (χ0n) is 20.6. The number of rotatable bonds is 9. The highest BCUT2D eigenvalue weighted by Gasteiger charge is 2.41. The summed E-state index contributed by atoms with van der Waals surface area (Å²) in [5, 5.41) is 0. The van der Waals surface area contributed by atoms with Crippen LogP contribution >= 0.6 is 0 Å². The van der Waals surface area contributed by atoms with Crippen LogP contribution in [0.2, 0.25) is 0 Å². The average molecular weight is 491 g/mol. The van der Waals surface area contributed by atoms with Gasteiger partial charge in [0.25, 0.3) is 0 Å². The molecule has 1 fully saturated rings. The van der Waals surface area contributed by atoms with Crippen molar-refractivity contribution in [3.05, 3.63) is 144 Å². The fourth-order valence-electron chi connectivity index (χ4n) is 4.79. The molecule has 0 spiro atoms. The van der Waals surface area contributed by atoms with Crippen molar-refractivity contribution in [1.29, 1.82) is 0 Å². The molecule has 0 aliphatic carbocycles. The lowest BCUT2D eigenvalue weighted by Gasteiger charge is -2.40. The molecule has 5 rings (SSSR count). The maximum Gasteiger partial charge on any atom is 0.184 e. The van der Waals surface area contributed by atoms with Crippen molar-refractivity contribution in [2.24, 2.45) is 0 Å². The lowest BCUT2D eigenvalue weighted by Crippen LogP contribution is -2.47. The van der Waals surface area contributed by atoms with E-state index in [0.29, 0.717) is 6.61 Å². The number of hydrogen-bond acceptors (Lipinski definition) is 4. The summed E-state index contributed by atoms with van der Waals surface area (Å²) in [7, 11) is 0. The van der Waals surface area contributed by atoms with Gasteiger partial charge in [-0.25, -0.2) is 0 Å². The van der Waals surface area contributed by atoms with Gasteiger partial charge in [-0.1, -0.05) is 127 Å². The number of terminal acetylenes is 1. The molecule has 37 heavy (non-hydrogen) atoms. The molecule has 0 N–H and O–H groups in total. The third-order valence-electron chi connectivity index (χ3n) is 6.58. The van der Waals surface area contributed by atoms with Crippen LogP contribution in [-0.2, 0) is 24.5 Å². The maximum absolute atomic E-state index is 7.01. The van der Waals surface area contributed by atoms with E-state index in [2.05, 4.69) is 42.3 Å². The van der Waals surface area contributed by atoms with Gasteiger partial charge in [-0.05, 0) is 16.7 Å². The molecular weight excluding hydrogens is 460 g/mol. The van der Waals surface area contributed by atoms with Gasteiger partial charge < -0.3 is 18.9 Å². The summed E-state index contributed by atoms with van der Waals surface area (Å²) in [5.41, 5.74) is 3.17. The minimum absolute atomic E-state index is 0.172. The van der Waals surface area contributed by atoms with Crippen molar-refractivity contribution in [1.82, 2.24) is 0 Å².